The zero-order valence-electron chi connectivity index (χ0n) is 11.3. The summed E-state index contributed by atoms with van der Waals surface area (Å²) in [5, 5.41) is 3.32. The number of rotatable bonds is 5. The molecule has 0 saturated carbocycles. The summed E-state index contributed by atoms with van der Waals surface area (Å²) >= 11 is 0. The first-order chi connectivity index (χ1) is 9.15. The lowest BCUT2D eigenvalue weighted by Gasteiger charge is -2.13. The lowest BCUT2D eigenvalue weighted by molar-refractivity contribution is 0.230. The smallest absolute Gasteiger partial charge is 0.218 e. The monoisotopic (exact) mass is 257 g/mol. The Hall–Kier alpha value is -2.23. The number of benzene rings is 1. The van der Waals surface area contributed by atoms with Crippen molar-refractivity contribution in [3.05, 3.63) is 48.2 Å². The van der Waals surface area contributed by atoms with Gasteiger partial charge < -0.3 is 15.8 Å². The fourth-order valence-electron chi connectivity index (χ4n) is 1.73. The molecule has 2 rings (SSSR count). The molecule has 2 aromatic rings. The highest BCUT2D eigenvalue weighted by molar-refractivity contribution is 5.54. The van der Waals surface area contributed by atoms with E-state index in [1.165, 1.54) is 0 Å². The Bertz CT molecular complexity index is 540. The Morgan fingerprint density at radius 3 is 2.84 bits per heavy atom. The van der Waals surface area contributed by atoms with Crippen LogP contribution in [-0.2, 0) is 6.54 Å². The molecule has 0 radical (unpaired) electrons. The molecule has 4 nitrogen and oxygen atoms in total. The standard InChI is InChI=1S/C15H19N3O/c1-11(2)19-15-12(5-4-8-17-15)10-18-14-7-3-6-13(16)9-14/h3-9,11,18H,10,16H2,1-2H3. The van der Waals surface area contributed by atoms with E-state index < -0.39 is 0 Å². The van der Waals surface area contributed by atoms with Crippen molar-refractivity contribution in [2.75, 3.05) is 11.1 Å². The first-order valence-corrected chi connectivity index (χ1v) is 6.35. The summed E-state index contributed by atoms with van der Waals surface area (Å²) in [6, 6.07) is 11.6. The minimum Gasteiger partial charge on any atom is -0.475 e. The number of hydrogen-bond donors (Lipinski definition) is 2. The van der Waals surface area contributed by atoms with E-state index in [0.29, 0.717) is 12.4 Å². The van der Waals surface area contributed by atoms with Gasteiger partial charge in [-0.1, -0.05) is 12.1 Å². The topological polar surface area (TPSA) is 60.2 Å². The predicted molar refractivity (Wildman–Crippen MR) is 78.2 cm³/mol. The van der Waals surface area contributed by atoms with Crippen molar-refractivity contribution in [3.8, 4) is 5.88 Å². The van der Waals surface area contributed by atoms with E-state index in [0.717, 1.165) is 16.9 Å². The molecule has 0 atom stereocenters. The molecule has 0 bridgehead atoms. The van der Waals surface area contributed by atoms with Crippen LogP contribution in [0.2, 0.25) is 0 Å². The number of aromatic nitrogens is 1. The van der Waals surface area contributed by atoms with Crippen molar-refractivity contribution in [2.45, 2.75) is 26.5 Å². The van der Waals surface area contributed by atoms with Gasteiger partial charge in [0, 0.05) is 29.7 Å². The maximum absolute atomic E-state index is 5.75. The zero-order chi connectivity index (χ0) is 13.7. The van der Waals surface area contributed by atoms with Gasteiger partial charge in [0.15, 0.2) is 0 Å². The quantitative estimate of drug-likeness (QED) is 0.808. The van der Waals surface area contributed by atoms with Crippen molar-refractivity contribution in [1.29, 1.82) is 0 Å². The summed E-state index contributed by atoms with van der Waals surface area (Å²) in [4.78, 5) is 4.26. The van der Waals surface area contributed by atoms with Crippen LogP contribution in [0.15, 0.2) is 42.6 Å². The fourth-order valence-corrected chi connectivity index (χ4v) is 1.73. The second-order valence-electron chi connectivity index (χ2n) is 4.61. The minimum absolute atomic E-state index is 0.112. The lowest BCUT2D eigenvalue weighted by atomic mass is 10.2. The third-order valence-corrected chi connectivity index (χ3v) is 2.57. The van der Waals surface area contributed by atoms with E-state index in [1.807, 2.05) is 50.2 Å². The molecule has 0 fully saturated rings. The first-order valence-electron chi connectivity index (χ1n) is 6.35. The molecular formula is C15H19N3O. The van der Waals surface area contributed by atoms with Crippen molar-refractivity contribution in [1.82, 2.24) is 4.98 Å². The van der Waals surface area contributed by atoms with Crippen LogP contribution in [0.5, 0.6) is 5.88 Å². The van der Waals surface area contributed by atoms with E-state index in [2.05, 4.69) is 10.3 Å². The maximum Gasteiger partial charge on any atom is 0.218 e. The van der Waals surface area contributed by atoms with E-state index in [9.17, 15) is 0 Å². The van der Waals surface area contributed by atoms with Crippen LogP contribution in [0.25, 0.3) is 0 Å². The normalized spacial score (nSPS) is 10.5. The maximum atomic E-state index is 5.75. The number of hydrogen-bond acceptors (Lipinski definition) is 4. The number of ether oxygens (including phenoxy) is 1. The SMILES string of the molecule is CC(C)Oc1ncccc1CNc1cccc(N)c1. The zero-order valence-corrected chi connectivity index (χ0v) is 11.3. The molecule has 4 heteroatoms. The van der Waals surface area contributed by atoms with Crippen LogP contribution in [-0.4, -0.2) is 11.1 Å². The van der Waals surface area contributed by atoms with Crippen LogP contribution in [0.3, 0.4) is 0 Å². The number of nitrogens with one attached hydrogen (secondary N) is 1. The van der Waals surface area contributed by atoms with Gasteiger partial charge in [-0.05, 0) is 38.1 Å². The molecule has 0 saturated heterocycles. The molecule has 1 aromatic heterocycles. The number of pyridine rings is 1. The highest BCUT2D eigenvalue weighted by atomic mass is 16.5. The summed E-state index contributed by atoms with van der Waals surface area (Å²) in [5.41, 5.74) is 8.50. The molecule has 0 aliphatic rings. The summed E-state index contributed by atoms with van der Waals surface area (Å²) < 4.78 is 5.68. The summed E-state index contributed by atoms with van der Waals surface area (Å²) in [7, 11) is 0. The van der Waals surface area contributed by atoms with Gasteiger partial charge in [0.2, 0.25) is 5.88 Å². The average Bonchev–Trinajstić information content (AvgIpc) is 2.37. The second kappa shape index (κ2) is 6.09. The molecule has 1 heterocycles. The second-order valence-corrected chi connectivity index (χ2v) is 4.61. The molecule has 3 N–H and O–H groups in total. The Balaban J connectivity index is 2.07. The molecule has 0 aliphatic heterocycles. The van der Waals surface area contributed by atoms with Crippen molar-refractivity contribution in [3.63, 3.8) is 0 Å². The summed E-state index contributed by atoms with van der Waals surface area (Å²) in [6.45, 7) is 4.63. The van der Waals surface area contributed by atoms with Gasteiger partial charge >= 0.3 is 0 Å². The third-order valence-electron chi connectivity index (χ3n) is 2.57. The average molecular weight is 257 g/mol. The van der Waals surface area contributed by atoms with Gasteiger partial charge in [-0.25, -0.2) is 4.98 Å². The van der Waals surface area contributed by atoms with Gasteiger partial charge in [0.1, 0.15) is 0 Å². The number of nitrogen functional groups attached to an aromatic ring is 1. The Kier molecular flexibility index (Phi) is 4.23. The summed E-state index contributed by atoms with van der Waals surface area (Å²) in [6.07, 6.45) is 1.85. The van der Waals surface area contributed by atoms with Crippen LogP contribution >= 0.6 is 0 Å². The Morgan fingerprint density at radius 1 is 1.26 bits per heavy atom. The van der Waals surface area contributed by atoms with E-state index in [4.69, 9.17) is 10.5 Å². The van der Waals surface area contributed by atoms with Crippen LogP contribution in [0.1, 0.15) is 19.4 Å². The summed E-state index contributed by atoms with van der Waals surface area (Å²) in [5.74, 6) is 0.675. The third kappa shape index (κ3) is 3.88. The largest absolute Gasteiger partial charge is 0.475 e. The van der Waals surface area contributed by atoms with Crippen LogP contribution in [0, 0.1) is 0 Å². The van der Waals surface area contributed by atoms with Crippen LogP contribution < -0.4 is 15.8 Å². The lowest BCUT2D eigenvalue weighted by Crippen LogP contribution is -2.10. The van der Waals surface area contributed by atoms with Crippen molar-refractivity contribution in [2.24, 2.45) is 0 Å². The predicted octanol–water partition coefficient (Wildman–Crippen LogP) is 3.06. The fraction of sp³-hybridized carbons (Fsp3) is 0.267. The van der Waals surface area contributed by atoms with Crippen molar-refractivity contribution < 1.29 is 4.74 Å². The van der Waals surface area contributed by atoms with Gasteiger partial charge in [-0.2, -0.15) is 0 Å². The van der Waals surface area contributed by atoms with Gasteiger partial charge in [0.25, 0.3) is 0 Å². The highest BCUT2D eigenvalue weighted by Crippen LogP contribution is 2.18. The van der Waals surface area contributed by atoms with Crippen molar-refractivity contribution >= 4 is 11.4 Å². The van der Waals surface area contributed by atoms with E-state index >= 15 is 0 Å². The molecular weight excluding hydrogens is 238 g/mol. The number of nitrogens with zero attached hydrogens (tertiary/aromatic N) is 1. The van der Waals surface area contributed by atoms with Gasteiger partial charge in [-0.3, -0.25) is 0 Å². The minimum atomic E-state index is 0.112. The molecule has 0 amide bonds. The number of anilines is 2. The molecule has 0 spiro atoms. The highest BCUT2D eigenvalue weighted by Gasteiger charge is 2.06. The number of nitrogens with two attached hydrogens (primary N) is 1. The molecule has 19 heavy (non-hydrogen) atoms. The molecule has 0 unspecified atom stereocenters. The van der Waals surface area contributed by atoms with Crippen LogP contribution in [0.4, 0.5) is 11.4 Å². The van der Waals surface area contributed by atoms with Gasteiger partial charge in [-0.15, -0.1) is 0 Å². The van der Waals surface area contributed by atoms with E-state index in [-0.39, 0.29) is 6.10 Å². The first kappa shape index (κ1) is 13.2. The Labute approximate surface area is 113 Å². The molecule has 100 valence electrons. The Morgan fingerprint density at radius 2 is 2.11 bits per heavy atom. The van der Waals surface area contributed by atoms with Gasteiger partial charge in [0.05, 0.1) is 6.10 Å². The van der Waals surface area contributed by atoms with E-state index in [1.54, 1.807) is 6.20 Å². The molecule has 0 aliphatic carbocycles. The molecule has 1 aromatic carbocycles.